The lowest BCUT2D eigenvalue weighted by atomic mass is 9.83. The molecule has 0 spiro atoms. The smallest absolute Gasteiger partial charge is 0.335 e. The van der Waals surface area contributed by atoms with E-state index in [1.54, 1.807) is 24.3 Å². The Kier molecular flexibility index (Phi) is 9.60. The second-order valence-corrected chi connectivity index (χ2v) is 12.0. The van der Waals surface area contributed by atoms with Crippen LogP contribution in [0, 0.1) is 12.3 Å². The largest absolute Gasteiger partial charge is 0.478 e. The number of carbonyl (C=O) groups excluding carboxylic acids is 1. The van der Waals surface area contributed by atoms with Crippen molar-refractivity contribution in [3.63, 3.8) is 0 Å². The first-order valence-electron chi connectivity index (χ1n) is 14.0. The predicted molar refractivity (Wildman–Crippen MR) is 164 cm³/mol. The summed E-state index contributed by atoms with van der Waals surface area (Å²) in [7, 11) is 1.29. The molecule has 0 radical (unpaired) electrons. The van der Waals surface area contributed by atoms with Crippen molar-refractivity contribution in [1.29, 1.82) is 0 Å². The quantitative estimate of drug-likeness (QED) is 0.278. The van der Waals surface area contributed by atoms with Crippen molar-refractivity contribution in [3.05, 3.63) is 68.2 Å². The predicted octanol–water partition coefficient (Wildman–Crippen LogP) is 4.84. The van der Waals surface area contributed by atoms with Gasteiger partial charge in [-0.2, -0.15) is 0 Å². The summed E-state index contributed by atoms with van der Waals surface area (Å²) in [5.74, 6) is 1.62. The Morgan fingerprint density at radius 1 is 1.17 bits per heavy atom. The lowest BCUT2D eigenvalue weighted by Gasteiger charge is -2.28. The van der Waals surface area contributed by atoms with Crippen molar-refractivity contribution in [1.82, 2.24) is 14.5 Å². The minimum Gasteiger partial charge on any atom is -0.478 e. The number of anilines is 1. The Hall–Kier alpha value is -3.87. The second kappa shape index (κ2) is 13.0. The number of fused-ring (bicyclic) bond motifs is 1. The lowest BCUT2D eigenvalue weighted by molar-refractivity contribution is -0.141. The van der Waals surface area contributed by atoms with E-state index in [9.17, 15) is 19.5 Å². The number of carbonyl (C=O) groups is 2. The molecule has 0 unspecified atom stereocenters. The average molecular weight is 593 g/mol. The van der Waals surface area contributed by atoms with E-state index in [4.69, 9.17) is 27.7 Å². The summed E-state index contributed by atoms with van der Waals surface area (Å²) in [4.78, 5) is 46.9. The monoisotopic (exact) mass is 592 g/mol. The van der Waals surface area contributed by atoms with Gasteiger partial charge in [0.2, 0.25) is 0 Å². The van der Waals surface area contributed by atoms with Crippen LogP contribution in [0.25, 0.3) is 10.9 Å². The van der Waals surface area contributed by atoms with Gasteiger partial charge in [-0.1, -0.05) is 44.7 Å². The Morgan fingerprint density at radius 3 is 2.50 bits per heavy atom. The molecule has 1 aliphatic heterocycles. The number of carboxylic acid groups (broad SMARTS) is 1. The molecule has 3 aromatic rings. The van der Waals surface area contributed by atoms with Crippen molar-refractivity contribution >= 4 is 40.1 Å². The van der Waals surface area contributed by atoms with Gasteiger partial charge < -0.3 is 14.7 Å². The number of benzene rings is 2. The van der Waals surface area contributed by atoms with Crippen LogP contribution in [0.5, 0.6) is 0 Å². The van der Waals surface area contributed by atoms with E-state index in [0.29, 0.717) is 39.4 Å². The SMILES string of the molecule is C#CCN(Cc1cc2c(=O)n(CC(=O)OC)c(CN3CCCCC3)nc2cc1Cl)c1ccc(C(=O)O)c(C(C)(C)C)c1. The molecule has 0 bridgehead atoms. The van der Waals surface area contributed by atoms with E-state index in [2.05, 4.69) is 10.8 Å². The van der Waals surface area contributed by atoms with E-state index in [1.807, 2.05) is 31.7 Å². The number of rotatable bonds is 9. The zero-order chi connectivity index (χ0) is 30.6. The Morgan fingerprint density at radius 2 is 1.88 bits per heavy atom. The van der Waals surface area contributed by atoms with E-state index in [-0.39, 0.29) is 30.8 Å². The summed E-state index contributed by atoms with van der Waals surface area (Å²) >= 11 is 6.76. The highest BCUT2D eigenvalue weighted by atomic mass is 35.5. The Balaban J connectivity index is 1.77. The van der Waals surface area contributed by atoms with Crippen molar-refractivity contribution < 1.29 is 19.4 Å². The van der Waals surface area contributed by atoms with Crippen molar-refractivity contribution in [3.8, 4) is 12.3 Å². The summed E-state index contributed by atoms with van der Waals surface area (Å²) in [5, 5.41) is 10.5. The van der Waals surface area contributed by atoms with Gasteiger partial charge in [-0.05, 0) is 72.8 Å². The van der Waals surface area contributed by atoms with Crippen molar-refractivity contribution in [2.45, 2.75) is 65.1 Å². The number of aromatic nitrogens is 2. The highest BCUT2D eigenvalue weighted by Gasteiger charge is 2.24. The highest BCUT2D eigenvalue weighted by molar-refractivity contribution is 6.32. The van der Waals surface area contributed by atoms with E-state index in [0.717, 1.165) is 31.6 Å². The molecular formula is C32H37ClN4O5. The molecule has 4 rings (SSSR count). The van der Waals surface area contributed by atoms with Crippen LogP contribution in [-0.2, 0) is 34.6 Å². The molecular weight excluding hydrogens is 556 g/mol. The fourth-order valence-electron chi connectivity index (χ4n) is 5.34. The first-order chi connectivity index (χ1) is 19.9. The zero-order valence-electron chi connectivity index (χ0n) is 24.6. The van der Waals surface area contributed by atoms with E-state index in [1.165, 1.54) is 18.1 Å². The fraction of sp³-hybridized carbons (Fsp3) is 0.438. The summed E-state index contributed by atoms with van der Waals surface area (Å²) in [6, 6.07) is 8.53. The van der Waals surface area contributed by atoms with Crippen LogP contribution in [0.4, 0.5) is 5.69 Å². The molecule has 0 aliphatic carbocycles. The van der Waals surface area contributed by atoms with Crippen LogP contribution >= 0.6 is 11.6 Å². The van der Waals surface area contributed by atoms with E-state index >= 15 is 0 Å². The van der Waals surface area contributed by atoms with Gasteiger partial charge in [0.25, 0.3) is 5.56 Å². The van der Waals surface area contributed by atoms with Crippen LogP contribution in [0.1, 0.15) is 67.3 Å². The molecule has 1 N–H and O–H groups in total. The number of halogens is 1. The molecule has 1 fully saturated rings. The molecule has 222 valence electrons. The second-order valence-electron chi connectivity index (χ2n) is 11.6. The summed E-state index contributed by atoms with van der Waals surface area (Å²) < 4.78 is 6.26. The molecule has 42 heavy (non-hydrogen) atoms. The van der Waals surface area contributed by atoms with Crippen LogP contribution in [0.3, 0.4) is 0 Å². The van der Waals surface area contributed by atoms with Crippen LogP contribution < -0.4 is 10.5 Å². The van der Waals surface area contributed by atoms with Gasteiger partial charge in [-0.25, -0.2) is 9.78 Å². The number of terminal acetylenes is 1. The fourth-order valence-corrected chi connectivity index (χ4v) is 5.56. The minimum atomic E-state index is -0.997. The maximum atomic E-state index is 13.8. The number of esters is 1. The third-order valence-corrected chi connectivity index (χ3v) is 7.93. The third kappa shape index (κ3) is 6.94. The minimum absolute atomic E-state index is 0.226. The molecule has 0 amide bonds. The zero-order valence-corrected chi connectivity index (χ0v) is 25.3. The number of piperidine rings is 1. The summed E-state index contributed by atoms with van der Waals surface area (Å²) in [6.45, 7) is 8.36. The lowest BCUT2D eigenvalue weighted by Crippen LogP contribution is -2.35. The first-order valence-corrected chi connectivity index (χ1v) is 14.4. The first kappa shape index (κ1) is 31.1. The van der Waals surface area contributed by atoms with Crippen molar-refractivity contribution in [2.24, 2.45) is 0 Å². The number of ether oxygens (including phenoxy) is 1. The van der Waals surface area contributed by atoms with Gasteiger partial charge >= 0.3 is 11.9 Å². The molecule has 2 aromatic carbocycles. The van der Waals surface area contributed by atoms with Gasteiger partial charge in [0.15, 0.2) is 0 Å². The number of methoxy groups -OCH3 is 1. The summed E-state index contributed by atoms with van der Waals surface area (Å²) in [6.07, 6.45) is 9.05. The van der Waals surface area contributed by atoms with Crippen LogP contribution in [0.2, 0.25) is 5.02 Å². The molecule has 1 aliphatic rings. The number of hydrogen-bond donors (Lipinski definition) is 1. The standard InChI is InChI=1S/C32H37ClN4O5/c1-6-12-36(22-10-11-23(31(40)41)25(16-22)32(2,3)4)18-21-15-24-27(17-26(21)33)34-28(19-35-13-8-7-9-14-35)37(30(24)39)20-29(38)42-5/h1,10-11,15-17H,7-9,12-14,18-20H2,2-5H3,(H,40,41). The Labute approximate surface area is 251 Å². The topological polar surface area (TPSA) is 105 Å². The molecule has 1 saturated heterocycles. The average Bonchev–Trinajstić information content (AvgIpc) is 2.95. The Bertz CT molecular complexity index is 1600. The number of carboxylic acids is 1. The normalized spacial score (nSPS) is 14.0. The maximum absolute atomic E-state index is 13.8. The van der Waals surface area contributed by atoms with Crippen molar-refractivity contribution in [2.75, 3.05) is 31.6 Å². The molecule has 0 saturated carbocycles. The molecule has 10 heteroatoms. The van der Waals surface area contributed by atoms with Gasteiger partial charge in [-0.3, -0.25) is 19.1 Å². The van der Waals surface area contributed by atoms with E-state index < -0.39 is 17.4 Å². The number of likely N-dealkylation sites (tertiary alicyclic amines) is 1. The molecule has 0 atom stereocenters. The molecule has 2 heterocycles. The van der Waals surface area contributed by atoms with Gasteiger partial charge in [0.1, 0.15) is 12.4 Å². The third-order valence-electron chi connectivity index (χ3n) is 7.58. The highest BCUT2D eigenvalue weighted by Crippen LogP contribution is 2.32. The van der Waals surface area contributed by atoms with Gasteiger partial charge in [0.05, 0.1) is 36.7 Å². The molecule has 9 nitrogen and oxygen atoms in total. The van der Waals surface area contributed by atoms with Gasteiger partial charge in [-0.15, -0.1) is 6.42 Å². The summed E-state index contributed by atoms with van der Waals surface area (Å²) in [5.41, 5.74) is 1.96. The molecule has 1 aromatic heterocycles. The van der Waals surface area contributed by atoms with Gasteiger partial charge in [0, 0.05) is 17.3 Å². The number of aromatic carboxylic acids is 1. The van der Waals surface area contributed by atoms with Crippen LogP contribution in [0.15, 0.2) is 35.1 Å². The maximum Gasteiger partial charge on any atom is 0.335 e. The van der Waals surface area contributed by atoms with Crippen LogP contribution in [-0.4, -0.2) is 58.2 Å². The number of nitrogens with zero attached hydrogens (tertiary/aromatic N) is 4. The number of hydrogen-bond acceptors (Lipinski definition) is 7.